The number of nitrogens with zero attached hydrogens (tertiary/aromatic N) is 1. The quantitative estimate of drug-likeness (QED) is 0.722. The zero-order chi connectivity index (χ0) is 10.8. The predicted octanol–water partition coefficient (Wildman–Crippen LogP) is 0.523. The Morgan fingerprint density at radius 1 is 1.40 bits per heavy atom. The highest BCUT2D eigenvalue weighted by Gasteiger charge is 2.38. The van der Waals surface area contributed by atoms with E-state index in [0.29, 0.717) is 19.0 Å². The topological polar surface area (TPSA) is 49.4 Å². The minimum Gasteiger partial charge on any atom is -0.359 e. The number of amides is 2. The average Bonchev–Trinajstić information content (AvgIpc) is 2.84. The van der Waals surface area contributed by atoms with E-state index in [2.05, 4.69) is 5.32 Å². The molecular formula is C11H18N2O2. The SMILES string of the molecule is CNC(=O)C1CC(=O)N(C2CCCC2)C1. The van der Waals surface area contributed by atoms with Crippen molar-refractivity contribution < 1.29 is 9.59 Å². The molecule has 1 saturated carbocycles. The number of hydrogen-bond donors (Lipinski definition) is 1. The van der Waals surface area contributed by atoms with E-state index in [1.165, 1.54) is 12.8 Å². The molecule has 84 valence electrons. The summed E-state index contributed by atoms with van der Waals surface area (Å²) in [7, 11) is 1.63. The van der Waals surface area contributed by atoms with Crippen LogP contribution in [-0.4, -0.2) is 36.3 Å². The molecule has 2 fully saturated rings. The number of carbonyl (C=O) groups is 2. The number of nitrogens with one attached hydrogen (secondary N) is 1. The van der Waals surface area contributed by atoms with E-state index < -0.39 is 0 Å². The molecule has 4 heteroatoms. The lowest BCUT2D eigenvalue weighted by atomic mass is 10.1. The van der Waals surface area contributed by atoms with Crippen LogP contribution < -0.4 is 5.32 Å². The second-order valence-electron chi connectivity index (χ2n) is 4.50. The summed E-state index contributed by atoms with van der Waals surface area (Å²) in [6.45, 7) is 0.628. The lowest BCUT2D eigenvalue weighted by Crippen LogP contribution is -2.36. The lowest BCUT2D eigenvalue weighted by molar-refractivity contribution is -0.130. The highest BCUT2D eigenvalue weighted by Crippen LogP contribution is 2.29. The molecule has 2 rings (SSSR count). The first-order valence-electron chi connectivity index (χ1n) is 5.73. The Bertz CT molecular complexity index is 272. The largest absolute Gasteiger partial charge is 0.359 e. The molecule has 1 aliphatic carbocycles. The third-order valence-electron chi connectivity index (χ3n) is 3.54. The fourth-order valence-corrected chi connectivity index (χ4v) is 2.68. The maximum Gasteiger partial charge on any atom is 0.225 e. The molecule has 0 bridgehead atoms. The molecule has 1 aliphatic heterocycles. The summed E-state index contributed by atoms with van der Waals surface area (Å²) in [5.41, 5.74) is 0. The highest BCUT2D eigenvalue weighted by molar-refractivity contribution is 5.89. The first-order chi connectivity index (χ1) is 7.22. The minimum absolute atomic E-state index is 0.00356. The molecule has 1 heterocycles. The summed E-state index contributed by atoms with van der Waals surface area (Å²) in [6, 6.07) is 0.409. The second-order valence-corrected chi connectivity index (χ2v) is 4.50. The monoisotopic (exact) mass is 210 g/mol. The first-order valence-corrected chi connectivity index (χ1v) is 5.73. The molecule has 0 aromatic heterocycles. The van der Waals surface area contributed by atoms with Crippen LogP contribution in [0, 0.1) is 5.92 Å². The standard InChI is InChI=1S/C11H18N2O2/c1-12-11(15)8-6-10(14)13(7-8)9-4-2-3-5-9/h8-9H,2-7H2,1H3,(H,12,15). The van der Waals surface area contributed by atoms with Gasteiger partial charge in [-0.25, -0.2) is 0 Å². The van der Waals surface area contributed by atoms with Gasteiger partial charge in [-0.1, -0.05) is 12.8 Å². The molecule has 1 saturated heterocycles. The van der Waals surface area contributed by atoms with Crippen LogP contribution in [0.4, 0.5) is 0 Å². The van der Waals surface area contributed by atoms with Crippen LogP contribution in [0.3, 0.4) is 0 Å². The normalized spacial score (nSPS) is 27.4. The summed E-state index contributed by atoms with van der Waals surface area (Å²) in [6.07, 6.45) is 5.08. The number of rotatable bonds is 2. The van der Waals surface area contributed by atoms with E-state index in [-0.39, 0.29) is 17.7 Å². The average molecular weight is 210 g/mol. The van der Waals surface area contributed by atoms with Crippen molar-refractivity contribution in [3.63, 3.8) is 0 Å². The molecule has 0 spiro atoms. The molecule has 1 unspecified atom stereocenters. The molecule has 1 atom stereocenters. The van der Waals surface area contributed by atoms with Crippen molar-refractivity contribution in [2.75, 3.05) is 13.6 Å². The zero-order valence-electron chi connectivity index (χ0n) is 9.16. The maximum atomic E-state index is 11.7. The molecule has 0 aromatic carbocycles. The van der Waals surface area contributed by atoms with Gasteiger partial charge in [-0.2, -0.15) is 0 Å². The highest BCUT2D eigenvalue weighted by atomic mass is 16.2. The van der Waals surface area contributed by atoms with Gasteiger partial charge in [0.2, 0.25) is 11.8 Å². The Labute approximate surface area is 90.0 Å². The van der Waals surface area contributed by atoms with E-state index in [1.807, 2.05) is 4.90 Å². The number of likely N-dealkylation sites (tertiary alicyclic amines) is 1. The Kier molecular flexibility index (Phi) is 2.93. The van der Waals surface area contributed by atoms with Crippen molar-refractivity contribution >= 4 is 11.8 Å². The summed E-state index contributed by atoms with van der Waals surface area (Å²) in [5.74, 6) is 0.0439. The van der Waals surface area contributed by atoms with Gasteiger partial charge in [0.25, 0.3) is 0 Å². The minimum atomic E-state index is -0.122. The van der Waals surface area contributed by atoms with Gasteiger partial charge in [0.1, 0.15) is 0 Å². The molecule has 2 amide bonds. The molecule has 1 N–H and O–H groups in total. The van der Waals surface area contributed by atoms with Crippen LogP contribution in [0.2, 0.25) is 0 Å². The van der Waals surface area contributed by atoms with Crippen LogP contribution in [0.25, 0.3) is 0 Å². The molecule has 15 heavy (non-hydrogen) atoms. The van der Waals surface area contributed by atoms with E-state index in [1.54, 1.807) is 7.05 Å². The van der Waals surface area contributed by atoms with Gasteiger partial charge < -0.3 is 10.2 Å². The Hall–Kier alpha value is -1.06. The van der Waals surface area contributed by atoms with Gasteiger partial charge >= 0.3 is 0 Å². The van der Waals surface area contributed by atoms with Crippen molar-refractivity contribution in [3.8, 4) is 0 Å². The van der Waals surface area contributed by atoms with Crippen molar-refractivity contribution in [1.82, 2.24) is 10.2 Å². The zero-order valence-corrected chi connectivity index (χ0v) is 9.16. The van der Waals surface area contributed by atoms with Gasteiger partial charge in [-0.15, -0.1) is 0 Å². The maximum absolute atomic E-state index is 11.7. The van der Waals surface area contributed by atoms with Crippen LogP contribution in [0.15, 0.2) is 0 Å². The Morgan fingerprint density at radius 3 is 2.67 bits per heavy atom. The third-order valence-corrected chi connectivity index (χ3v) is 3.54. The lowest BCUT2D eigenvalue weighted by Gasteiger charge is -2.23. The Balaban J connectivity index is 1.97. The molecule has 0 radical (unpaired) electrons. The fraction of sp³-hybridized carbons (Fsp3) is 0.818. The van der Waals surface area contributed by atoms with Crippen LogP contribution in [0.1, 0.15) is 32.1 Å². The number of hydrogen-bond acceptors (Lipinski definition) is 2. The molecule has 0 aromatic rings. The predicted molar refractivity (Wildman–Crippen MR) is 56.1 cm³/mol. The van der Waals surface area contributed by atoms with Gasteiger partial charge in [0, 0.05) is 26.1 Å². The second kappa shape index (κ2) is 4.21. The van der Waals surface area contributed by atoms with Gasteiger partial charge in [-0.3, -0.25) is 9.59 Å². The van der Waals surface area contributed by atoms with E-state index in [0.717, 1.165) is 12.8 Å². The summed E-state index contributed by atoms with van der Waals surface area (Å²) in [5, 5.41) is 2.62. The first kappa shape index (κ1) is 10.5. The van der Waals surface area contributed by atoms with Crippen molar-refractivity contribution in [2.24, 2.45) is 5.92 Å². The van der Waals surface area contributed by atoms with E-state index in [4.69, 9.17) is 0 Å². The summed E-state index contributed by atoms with van der Waals surface area (Å²) < 4.78 is 0. The molecule has 4 nitrogen and oxygen atoms in total. The van der Waals surface area contributed by atoms with Gasteiger partial charge in [-0.05, 0) is 12.8 Å². The van der Waals surface area contributed by atoms with Crippen molar-refractivity contribution in [2.45, 2.75) is 38.1 Å². The van der Waals surface area contributed by atoms with Gasteiger partial charge in [0.05, 0.1) is 5.92 Å². The van der Waals surface area contributed by atoms with Crippen LogP contribution in [-0.2, 0) is 9.59 Å². The van der Waals surface area contributed by atoms with E-state index in [9.17, 15) is 9.59 Å². The van der Waals surface area contributed by atoms with E-state index >= 15 is 0 Å². The fourth-order valence-electron chi connectivity index (χ4n) is 2.68. The van der Waals surface area contributed by atoms with Gasteiger partial charge in [0.15, 0.2) is 0 Å². The van der Waals surface area contributed by atoms with Crippen molar-refractivity contribution in [1.29, 1.82) is 0 Å². The molecular weight excluding hydrogens is 192 g/mol. The smallest absolute Gasteiger partial charge is 0.225 e. The van der Waals surface area contributed by atoms with Crippen molar-refractivity contribution in [3.05, 3.63) is 0 Å². The van der Waals surface area contributed by atoms with Crippen LogP contribution in [0.5, 0.6) is 0 Å². The van der Waals surface area contributed by atoms with Crippen LogP contribution >= 0.6 is 0 Å². The Morgan fingerprint density at radius 2 is 2.07 bits per heavy atom. The summed E-state index contributed by atoms with van der Waals surface area (Å²) >= 11 is 0. The third kappa shape index (κ3) is 1.98. The summed E-state index contributed by atoms with van der Waals surface area (Å²) in [4.78, 5) is 25.1. The number of carbonyl (C=O) groups excluding carboxylic acids is 2. The molecule has 2 aliphatic rings.